The molecular formula is C20H21N3. The van der Waals surface area contributed by atoms with Gasteiger partial charge in [0.05, 0.1) is 11.4 Å². The van der Waals surface area contributed by atoms with Crippen LogP contribution >= 0.6 is 0 Å². The zero-order chi connectivity index (χ0) is 16.0. The molecule has 3 nitrogen and oxygen atoms in total. The molecule has 0 spiro atoms. The molecule has 0 aliphatic carbocycles. The molecule has 0 atom stereocenters. The van der Waals surface area contributed by atoms with Crippen LogP contribution in [0.1, 0.15) is 22.3 Å². The number of hydrogen-bond donors (Lipinski definition) is 1. The predicted molar refractivity (Wildman–Crippen MR) is 95.4 cm³/mol. The maximum atomic E-state index is 4.99. The van der Waals surface area contributed by atoms with E-state index in [9.17, 15) is 0 Å². The third-order valence-electron chi connectivity index (χ3n) is 4.86. The zero-order valence-corrected chi connectivity index (χ0v) is 13.9. The van der Waals surface area contributed by atoms with Crippen molar-refractivity contribution in [2.24, 2.45) is 0 Å². The fourth-order valence-corrected chi connectivity index (χ4v) is 3.37. The summed E-state index contributed by atoms with van der Waals surface area (Å²) in [7, 11) is 0. The van der Waals surface area contributed by atoms with Gasteiger partial charge in [-0.2, -0.15) is 5.10 Å². The van der Waals surface area contributed by atoms with Gasteiger partial charge in [-0.1, -0.05) is 36.4 Å². The van der Waals surface area contributed by atoms with Gasteiger partial charge >= 0.3 is 0 Å². The first kappa shape index (κ1) is 14.1. The maximum Gasteiger partial charge on any atom is 0.133 e. The quantitative estimate of drug-likeness (QED) is 0.759. The van der Waals surface area contributed by atoms with Crippen molar-refractivity contribution < 1.29 is 0 Å². The number of aromatic nitrogens is 2. The van der Waals surface area contributed by atoms with Crippen LogP contribution in [0.3, 0.4) is 0 Å². The second-order valence-electron chi connectivity index (χ2n) is 6.30. The molecule has 23 heavy (non-hydrogen) atoms. The summed E-state index contributed by atoms with van der Waals surface area (Å²) in [4.78, 5) is 0. The van der Waals surface area contributed by atoms with Crippen molar-refractivity contribution in [3.63, 3.8) is 0 Å². The molecule has 1 N–H and O–H groups in total. The lowest BCUT2D eigenvalue weighted by Crippen LogP contribution is -2.06. The average Bonchev–Trinajstić information content (AvgIpc) is 3.13. The van der Waals surface area contributed by atoms with E-state index in [0.29, 0.717) is 0 Å². The standard InChI is InChI=1S/C20H21N3/c1-13-8-6-10-18(15(13)3)23-20-17(11-12-21-20)19(22-23)16-9-5-4-7-14(16)2/h4-10,21H,11-12H2,1-3H3. The Morgan fingerprint density at radius 3 is 2.57 bits per heavy atom. The number of hydrogen-bond acceptors (Lipinski definition) is 2. The maximum absolute atomic E-state index is 4.99. The van der Waals surface area contributed by atoms with E-state index < -0.39 is 0 Å². The summed E-state index contributed by atoms with van der Waals surface area (Å²) in [5.41, 5.74) is 8.69. The summed E-state index contributed by atoms with van der Waals surface area (Å²) in [6, 6.07) is 14.9. The number of nitrogens with zero attached hydrogens (tertiary/aromatic N) is 2. The SMILES string of the molecule is Cc1ccccc1-c1nn(-c2cccc(C)c2C)c2c1CCN2. The van der Waals surface area contributed by atoms with Gasteiger partial charge in [0.2, 0.25) is 0 Å². The minimum atomic E-state index is 0.983. The Kier molecular flexibility index (Phi) is 3.22. The molecule has 1 aliphatic rings. The van der Waals surface area contributed by atoms with Gasteiger partial charge in [0.25, 0.3) is 0 Å². The van der Waals surface area contributed by atoms with Crippen LogP contribution in [0.2, 0.25) is 0 Å². The Balaban J connectivity index is 1.96. The lowest BCUT2D eigenvalue weighted by molar-refractivity contribution is 0.873. The lowest BCUT2D eigenvalue weighted by Gasteiger charge is -2.11. The van der Waals surface area contributed by atoms with E-state index in [1.54, 1.807) is 0 Å². The summed E-state index contributed by atoms with van der Waals surface area (Å²) < 4.78 is 2.09. The Morgan fingerprint density at radius 2 is 1.74 bits per heavy atom. The predicted octanol–water partition coefficient (Wildman–Crippen LogP) is 4.43. The summed E-state index contributed by atoms with van der Waals surface area (Å²) in [6.45, 7) is 7.46. The smallest absolute Gasteiger partial charge is 0.133 e. The van der Waals surface area contributed by atoms with Gasteiger partial charge in [0.1, 0.15) is 5.82 Å². The fraction of sp³-hybridized carbons (Fsp3) is 0.250. The van der Waals surface area contributed by atoms with Gasteiger partial charge in [0.15, 0.2) is 0 Å². The topological polar surface area (TPSA) is 29.9 Å². The molecule has 2 aromatic carbocycles. The highest BCUT2D eigenvalue weighted by Gasteiger charge is 2.25. The van der Waals surface area contributed by atoms with Crippen molar-refractivity contribution in [2.75, 3.05) is 11.9 Å². The van der Waals surface area contributed by atoms with Crippen LogP contribution in [0.25, 0.3) is 16.9 Å². The second kappa shape index (κ2) is 5.27. The highest BCUT2D eigenvalue weighted by atomic mass is 15.3. The van der Waals surface area contributed by atoms with Crippen LogP contribution < -0.4 is 5.32 Å². The van der Waals surface area contributed by atoms with E-state index in [2.05, 4.69) is 73.2 Å². The first-order valence-corrected chi connectivity index (χ1v) is 8.15. The number of benzene rings is 2. The number of aryl methyl sites for hydroxylation is 2. The van der Waals surface area contributed by atoms with Crippen molar-refractivity contribution in [2.45, 2.75) is 27.2 Å². The summed E-state index contributed by atoms with van der Waals surface area (Å²) >= 11 is 0. The van der Waals surface area contributed by atoms with Crippen molar-refractivity contribution in [1.29, 1.82) is 0 Å². The van der Waals surface area contributed by atoms with Crippen LogP contribution in [0.4, 0.5) is 5.82 Å². The summed E-state index contributed by atoms with van der Waals surface area (Å²) in [5.74, 6) is 1.15. The second-order valence-corrected chi connectivity index (χ2v) is 6.30. The summed E-state index contributed by atoms with van der Waals surface area (Å²) in [5, 5.41) is 8.51. The Labute approximate surface area is 137 Å². The molecule has 0 unspecified atom stereocenters. The number of fused-ring (bicyclic) bond motifs is 1. The first-order valence-electron chi connectivity index (χ1n) is 8.15. The molecule has 4 rings (SSSR count). The first-order chi connectivity index (χ1) is 11.2. The Hall–Kier alpha value is -2.55. The average molecular weight is 303 g/mol. The van der Waals surface area contributed by atoms with Gasteiger partial charge in [-0.15, -0.1) is 0 Å². The normalized spacial score (nSPS) is 13.0. The van der Waals surface area contributed by atoms with Gasteiger partial charge in [0, 0.05) is 17.7 Å². The minimum absolute atomic E-state index is 0.983. The fourth-order valence-electron chi connectivity index (χ4n) is 3.37. The zero-order valence-electron chi connectivity index (χ0n) is 13.9. The molecular weight excluding hydrogens is 282 g/mol. The molecule has 0 radical (unpaired) electrons. The molecule has 0 bridgehead atoms. The van der Waals surface area contributed by atoms with Crippen molar-refractivity contribution >= 4 is 5.82 Å². The van der Waals surface area contributed by atoms with E-state index >= 15 is 0 Å². The number of nitrogens with one attached hydrogen (secondary N) is 1. The molecule has 0 saturated heterocycles. The van der Waals surface area contributed by atoms with Gasteiger partial charge in [-0.05, 0) is 49.9 Å². The third kappa shape index (κ3) is 2.15. The van der Waals surface area contributed by atoms with Crippen LogP contribution in [0.5, 0.6) is 0 Å². The van der Waals surface area contributed by atoms with E-state index in [4.69, 9.17) is 5.10 Å². The Morgan fingerprint density at radius 1 is 0.957 bits per heavy atom. The van der Waals surface area contributed by atoms with Gasteiger partial charge < -0.3 is 5.32 Å². The highest BCUT2D eigenvalue weighted by molar-refractivity contribution is 5.75. The molecule has 3 heteroatoms. The van der Waals surface area contributed by atoms with Gasteiger partial charge in [-0.25, -0.2) is 4.68 Å². The van der Waals surface area contributed by atoms with Gasteiger partial charge in [-0.3, -0.25) is 0 Å². The van der Waals surface area contributed by atoms with Crippen molar-refractivity contribution in [1.82, 2.24) is 9.78 Å². The molecule has 0 amide bonds. The van der Waals surface area contributed by atoms with Crippen LogP contribution in [0, 0.1) is 20.8 Å². The third-order valence-corrected chi connectivity index (χ3v) is 4.86. The van der Waals surface area contributed by atoms with Crippen LogP contribution in [-0.2, 0) is 6.42 Å². The lowest BCUT2D eigenvalue weighted by atomic mass is 10.0. The summed E-state index contributed by atoms with van der Waals surface area (Å²) in [6.07, 6.45) is 1.03. The molecule has 116 valence electrons. The number of rotatable bonds is 2. The van der Waals surface area contributed by atoms with E-state index in [1.807, 2.05) is 0 Å². The van der Waals surface area contributed by atoms with Crippen molar-refractivity contribution in [3.05, 3.63) is 64.7 Å². The molecule has 0 saturated carbocycles. The van der Waals surface area contributed by atoms with E-state index in [-0.39, 0.29) is 0 Å². The van der Waals surface area contributed by atoms with Crippen LogP contribution in [0.15, 0.2) is 42.5 Å². The highest BCUT2D eigenvalue weighted by Crippen LogP contribution is 2.36. The van der Waals surface area contributed by atoms with E-state index in [0.717, 1.165) is 30.2 Å². The van der Waals surface area contributed by atoms with Crippen LogP contribution in [-0.4, -0.2) is 16.3 Å². The molecule has 1 aliphatic heterocycles. The minimum Gasteiger partial charge on any atom is -0.369 e. The molecule has 2 heterocycles. The molecule has 1 aromatic heterocycles. The van der Waals surface area contributed by atoms with E-state index in [1.165, 1.54) is 27.8 Å². The monoisotopic (exact) mass is 303 g/mol. The Bertz CT molecular complexity index is 890. The molecule has 3 aromatic rings. The molecule has 0 fully saturated rings. The number of anilines is 1. The largest absolute Gasteiger partial charge is 0.369 e. The van der Waals surface area contributed by atoms with Crippen molar-refractivity contribution in [3.8, 4) is 16.9 Å².